The minimum atomic E-state index is -0.597. The lowest BCUT2D eigenvalue weighted by atomic mass is 10.1. The van der Waals surface area contributed by atoms with Crippen molar-refractivity contribution in [2.45, 2.75) is 31.8 Å². The van der Waals surface area contributed by atoms with Crippen molar-refractivity contribution in [2.24, 2.45) is 0 Å². The first-order valence-corrected chi connectivity index (χ1v) is 8.04. The van der Waals surface area contributed by atoms with Gasteiger partial charge < -0.3 is 10.2 Å². The largest absolute Gasteiger partial charge is 0.329 e. The van der Waals surface area contributed by atoms with Gasteiger partial charge in [0.2, 0.25) is 0 Å². The number of rotatable bonds is 1. The van der Waals surface area contributed by atoms with Gasteiger partial charge in [-0.05, 0) is 44.5 Å². The van der Waals surface area contributed by atoms with E-state index in [-0.39, 0.29) is 6.04 Å². The second-order valence-electron chi connectivity index (χ2n) is 6.06. The van der Waals surface area contributed by atoms with Crippen LogP contribution in [-0.2, 0) is 9.59 Å². The summed E-state index contributed by atoms with van der Waals surface area (Å²) in [6.07, 6.45) is 2.28. The van der Waals surface area contributed by atoms with E-state index in [0.29, 0.717) is 23.3 Å². The van der Waals surface area contributed by atoms with Crippen molar-refractivity contribution in [2.75, 3.05) is 25.0 Å². The van der Waals surface area contributed by atoms with Crippen LogP contribution in [0.25, 0.3) is 0 Å². The van der Waals surface area contributed by atoms with E-state index in [2.05, 4.69) is 10.2 Å². The molecule has 1 N–H and O–H groups in total. The van der Waals surface area contributed by atoms with Crippen LogP contribution in [0, 0.1) is 0 Å². The number of halogens is 1. The molecule has 2 atom stereocenters. The molecule has 0 bridgehead atoms. The molecular weight excluding hydrogens is 302 g/mol. The molecule has 0 aliphatic carbocycles. The Balaban J connectivity index is 1.66. The molecule has 0 radical (unpaired) electrons. The fourth-order valence-electron chi connectivity index (χ4n) is 3.35. The molecule has 2 unspecified atom stereocenters. The number of nitrogens with one attached hydrogen (secondary N) is 1. The highest BCUT2D eigenvalue weighted by Gasteiger charge is 2.38. The van der Waals surface area contributed by atoms with E-state index in [1.807, 2.05) is 6.92 Å². The van der Waals surface area contributed by atoms with Gasteiger partial charge in [-0.2, -0.15) is 0 Å². The predicted octanol–water partition coefficient (Wildman–Crippen LogP) is 1.97. The van der Waals surface area contributed by atoms with Crippen molar-refractivity contribution in [1.29, 1.82) is 0 Å². The second-order valence-corrected chi connectivity index (χ2v) is 6.50. The van der Waals surface area contributed by atoms with Gasteiger partial charge in [0.15, 0.2) is 0 Å². The molecule has 0 spiro atoms. The van der Waals surface area contributed by atoms with E-state index in [9.17, 15) is 9.59 Å². The van der Waals surface area contributed by atoms with Crippen molar-refractivity contribution < 1.29 is 9.59 Å². The minimum absolute atomic E-state index is 0.0620. The number of carbonyl (C=O) groups is 2. The van der Waals surface area contributed by atoms with Crippen molar-refractivity contribution in [1.82, 2.24) is 9.80 Å². The Kier molecular flexibility index (Phi) is 4.36. The van der Waals surface area contributed by atoms with E-state index in [4.69, 9.17) is 11.6 Å². The minimum Gasteiger partial charge on any atom is -0.329 e. The molecule has 3 rings (SSSR count). The summed E-state index contributed by atoms with van der Waals surface area (Å²) in [6, 6.07) is 7.27. The third kappa shape index (κ3) is 3.10. The van der Waals surface area contributed by atoms with E-state index in [1.54, 1.807) is 29.2 Å². The molecule has 22 heavy (non-hydrogen) atoms. The summed E-state index contributed by atoms with van der Waals surface area (Å²) in [6.45, 7) is 4.59. The fraction of sp³-hybridized carbons (Fsp3) is 0.500. The Hall–Kier alpha value is -1.59. The summed E-state index contributed by atoms with van der Waals surface area (Å²) in [5, 5.41) is 3.16. The van der Waals surface area contributed by atoms with Crippen LogP contribution in [0.5, 0.6) is 0 Å². The molecule has 2 amide bonds. The van der Waals surface area contributed by atoms with E-state index in [1.165, 1.54) is 6.42 Å². The predicted molar refractivity (Wildman–Crippen MR) is 85.9 cm³/mol. The molecular formula is C16H20ClN3O2. The van der Waals surface area contributed by atoms with Gasteiger partial charge in [-0.25, -0.2) is 0 Å². The Morgan fingerprint density at radius 2 is 2.14 bits per heavy atom. The summed E-state index contributed by atoms with van der Waals surface area (Å²) < 4.78 is 0. The van der Waals surface area contributed by atoms with Crippen molar-refractivity contribution >= 4 is 29.1 Å². The monoisotopic (exact) mass is 321 g/mol. The molecule has 0 saturated carbocycles. The summed E-state index contributed by atoms with van der Waals surface area (Å²) >= 11 is 5.89. The van der Waals surface area contributed by atoms with E-state index in [0.717, 1.165) is 19.5 Å². The van der Waals surface area contributed by atoms with Gasteiger partial charge in [0.1, 0.15) is 0 Å². The number of carbonyl (C=O) groups excluding carboxylic acids is 2. The van der Waals surface area contributed by atoms with Crippen molar-refractivity contribution in [3.05, 3.63) is 29.3 Å². The van der Waals surface area contributed by atoms with Crippen molar-refractivity contribution in [3.8, 4) is 0 Å². The lowest BCUT2D eigenvalue weighted by Gasteiger charge is -2.41. The molecule has 5 nitrogen and oxygen atoms in total. The lowest BCUT2D eigenvalue weighted by Crippen LogP contribution is -2.58. The average Bonchev–Trinajstić information content (AvgIpc) is 2.92. The number of piperazine rings is 1. The number of nitrogens with zero attached hydrogens (tertiary/aromatic N) is 2. The number of anilines is 1. The van der Waals surface area contributed by atoms with Crippen LogP contribution >= 0.6 is 11.6 Å². The number of hydrogen-bond donors (Lipinski definition) is 1. The van der Waals surface area contributed by atoms with E-state index < -0.39 is 11.8 Å². The van der Waals surface area contributed by atoms with E-state index >= 15 is 0 Å². The van der Waals surface area contributed by atoms with Crippen LogP contribution in [0.15, 0.2) is 24.3 Å². The number of hydrogen-bond acceptors (Lipinski definition) is 3. The maximum Gasteiger partial charge on any atom is 0.313 e. The van der Waals surface area contributed by atoms with Gasteiger partial charge in [0.05, 0.1) is 0 Å². The molecule has 6 heteroatoms. The van der Waals surface area contributed by atoms with Gasteiger partial charge in [-0.15, -0.1) is 0 Å². The van der Waals surface area contributed by atoms with Crippen LogP contribution < -0.4 is 5.32 Å². The van der Waals surface area contributed by atoms with Crippen LogP contribution in [-0.4, -0.2) is 53.3 Å². The van der Waals surface area contributed by atoms with Crippen LogP contribution in [0.1, 0.15) is 19.8 Å². The molecule has 2 saturated heterocycles. The highest BCUT2D eigenvalue weighted by Crippen LogP contribution is 2.24. The summed E-state index contributed by atoms with van der Waals surface area (Å²) in [5.74, 6) is -1.06. The Morgan fingerprint density at radius 1 is 1.32 bits per heavy atom. The molecule has 2 aliphatic rings. The van der Waals surface area contributed by atoms with Gasteiger partial charge in [0, 0.05) is 35.9 Å². The second kappa shape index (κ2) is 6.26. The van der Waals surface area contributed by atoms with Crippen LogP contribution in [0.2, 0.25) is 5.02 Å². The first-order valence-electron chi connectivity index (χ1n) is 7.66. The van der Waals surface area contributed by atoms with Gasteiger partial charge in [0.25, 0.3) is 0 Å². The third-order valence-electron chi connectivity index (χ3n) is 4.47. The third-order valence-corrected chi connectivity index (χ3v) is 4.71. The highest BCUT2D eigenvalue weighted by atomic mass is 35.5. The summed E-state index contributed by atoms with van der Waals surface area (Å²) in [5.41, 5.74) is 0.540. The first-order chi connectivity index (χ1) is 10.5. The fourth-order valence-corrected chi connectivity index (χ4v) is 3.54. The molecule has 2 heterocycles. The highest BCUT2D eigenvalue weighted by molar-refractivity contribution is 6.39. The smallest absolute Gasteiger partial charge is 0.313 e. The van der Waals surface area contributed by atoms with Crippen LogP contribution in [0.4, 0.5) is 5.69 Å². The number of benzene rings is 1. The Labute approximate surface area is 135 Å². The standard InChI is InChI=1S/C16H20ClN3O2/c1-11-9-19-7-3-6-14(19)10-20(11)16(22)15(21)18-13-5-2-4-12(17)8-13/h2,4-5,8,11,14H,3,6-7,9-10H2,1H3,(H,18,21). The van der Waals surface area contributed by atoms with Gasteiger partial charge in [-0.1, -0.05) is 17.7 Å². The lowest BCUT2D eigenvalue weighted by molar-refractivity contribution is -0.147. The molecule has 1 aromatic rings. The van der Waals surface area contributed by atoms with Gasteiger partial charge >= 0.3 is 11.8 Å². The quantitative estimate of drug-likeness (QED) is 0.805. The number of amides is 2. The van der Waals surface area contributed by atoms with Gasteiger partial charge in [-0.3, -0.25) is 14.5 Å². The topological polar surface area (TPSA) is 52.7 Å². The zero-order valence-electron chi connectivity index (χ0n) is 12.6. The normalized spacial score (nSPS) is 24.9. The number of fused-ring (bicyclic) bond motifs is 1. The maximum absolute atomic E-state index is 12.4. The summed E-state index contributed by atoms with van der Waals surface area (Å²) in [4.78, 5) is 28.8. The van der Waals surface area contributed by atoms with Crippen molar-refractivity contribution in [3.63, 3.8) is 0 Å². The van der Waals surface area contributed by atoms with Crippen LogP contribution in [0.3, 0.4) is 0 Å². The molecule has 0 aromatic heterocycles. The maximum atomic E-state index is 12.4. The first kappa shape index (κ1) is 15.3. The SMILES string of the molecule is CC1CN2CCCC2CN1C(=O)C(=O)Nc1cccc(Cl)c1. The average molecular weight is 322 g/mol. The summed E-state index contributed by atoms with van der Waals surface area (Å²) in [7, 11) is 0. The zero-order valence-corrected chi connectivity index (χ0v) is 13.3. The Morgan fingerprint density at radius 3 is 2.91 bits per heavy atom. The molecule has 1 aromatic carbocycles. The molecule has 2 fully saturated rings. The zero-order chi connectivity index (χ0) is 15.7. The Bertz CT molecular complexity index is 593. The molecule has 2 aliphatic heterocycles. The molecule has 118 valence electrons.